The summed E-state index contributed by atoms with van der Waals surface area (Å²) in [6.07, 6.45) is 0. The van der Waals surface area contributed by atoms with Gasteiger partial charge in [0.2, 0.25) is 5.76 Å². The average molecular weight is 471 g/mol. The van der Waals surface area contributed by atoms with Crippen molar-refractivity contribution >= 4 is 56.5 Å². The number of hydrogen-bond donors (Lipinski definition) is 0. The molecule has 2 aromatic heterocycles. The maximum atomic E-state index is 13.6. The molecule has 0 N–H and O–H groups in total. The fourth-order valence-electron chi connectivity index (χ4n) is 3.84. The lowest BCUT2D eigenvalue weighted by Crippen LogP contribution is -2.29. The minimum atomic E-state index is -0.719. The quantitative estimate of drug-likeness (QED) is 0.348. The van der Waals surface area contributed by atoms with E-state index in [-0.39, 0.29) is 16.8 Å². The molecule has 156 valence electrons. The highest BCUT2D eigenvalue weighted by Gasteiger charge is 2.45. The Morgan fingerprint density at radius 1 is 1.03 bits per heavy atom. The number of fused-ring (bicyclic) bond motifs is 2. The zero-order valence-electron chi connectivity index (χ0n) is 16.8. The van der Waals surface area contributed by atoms with Crippen LogP contribution in [-0.2, 0) is 0 Å². The van der Waals surface area contributed by atoms with Crippen molar-refractivity contribution in [3.8, 4) is 0 Å². The van der Waals surface area contributed by atoms with E-state index in [2.05, 4.69) is 4.98 Å². The Hall–Kier alpha value is -2.67. The Kier molecular flexibility index (Phi) is 4.70. The number of nitrogens with zero attached hydrogens (tertiary/aromatic N) is 2. The Bertz CT molecular complexity index is 1440. The van der Waals surface area contributed by atoms with Gasteiger partial charge in [0.05, 0.1) is 32.7 Å². The Labute approximate surface area is 191 Å². The molecule has 1 amide bonds. The third kappa shape index (κ3) is 3.09. The van der Waals surface area contributed by atoms with Gasteiger partial charge in [-0.15, -0.1) is 11.3 Å². The minimum absolute atomic E-state index is 0.0305. The Morgan fingerprint density at radius 2 is 1.81 bits per heavy atom. The first-order valence-electron chi connectivity index (χ1n) is 9.56. The molecule has 4 aromatic rings. The van der Waals surface area contributed by atoms with E-state index in [0.717, 1.165) is 16.1 Å². The van der Waals surface area contributed by atoms with Gasteiger partial charge in [0.1, 0.15) is 5.58 Å². The molecule has 5 rings (SSSR count). The van der Waals surface area contributed by atoms with E-state index >= 15 is 0 Å². The Morgan fingerprint density at radius 3 is 2.48 bits per heavy atom. The van der Waals surface area contributed by atoms with Crippen LogP contribution in [0.5, 0.6) is 0 Å². The van der Waals surface area contributed by atoms with Gasteiger partial charge in [0.25, 0.3) is 5.91 Å². The highest BCUT2D eigenvalue weighted by atomic mass is 35.5. The maximum Gasteiger partial charge on any atom is 0.297 e. The molecule has 0 saturated carbocycles. The Balaban J connectivity index is 1.84. The predicted molar refractivity (Wildman–Crippen MR) is 124 cm³/mol. The van der Waals surface area contributed by atoms with E-state index in [1.807, 2.05) is 26.8 Å². The van der Waals surface area contributed by atoms with Crippen molar-refractivity contribution in [2.75, 3.05) is 4.90 Å². The number of carbonyl (C=O) groups is 1. The molecule has 31 heavy (non-hydrogen) atoms. The first-order chi connectivity index (χ1) is 14.8. The number of halogens is 2. The summed E-state index contributed by atoms with van der Waals surface area (Å²) in [5.74, 6) is -0.373. The van der Waals surface area contributed by atoms with Crippen LogP contribution in [0.4, 0.5) is 5.13 Å². The summed E-state index contributed by atoms with van der Waals surface area (Å²) in [6, 6.07) is 9.72. The topological polar surface area (TPSA) is 63.4 Å². The SMILES string of the molecule is Cc1ccc2oc3c(c(=O)c2c1)[C@H](c1ccc(Cl)c(Cl)c1)N(c1nc(C)c(C)s1)C3=O. The number of anilines is 1. The van der Waals surface area contributed by atoms with E-state index in [1.165, 1.54) is 16.2 Å². The lowest BCUT2D eigenvalue weighted by molar-refractivity contribution is 0.0971. The standard InChI is InChI=1S/C23H16Cl2N2O3S/c1-10-4-7-17-14(8-10)20(28)18-19(13-5-6-15(24)16(25)9-13)27(22(29)21(18)30-17)23-26-11(2)12(3)31-23/h4-9,19H,1-3H3/t19-/m0/s1. The van der Waals surface area contributed by atoms with Crippen LogP contribution in [0.15, 0.2) is 45.6 Å². The first kappa shape index (κ1) is 20.2. The molecule has 0 fully saturated rings. The van der Waals surface area contributed by atoms with Crippen molar-refractivity contribution in [3.63, 3.8) is 0 Å². The lowest BCUT2D eigenvalue weighted by atomic mass is 9.98. The van der Waals surface area contributed by atoms with Crippen LogP contribution in [0.2, 0.25) is 10.0 Å². The predicted octanol–water partition coefficient (Wildman–Crippen LogP) is 6.23. The smallest absolute Gasteiger partial charge is 0.297 e. The van der Waals surface area contributed by atoms with E-state index in [1.54, 1.807) is 30.3 Å². The summed E-state index contributed by atoms with van der Waals surface area (Å²) in [5, 5.41) is 1.67. The van der Waals surface area contributed by atoms with Crippen LogP contribution >= 0.6 is 34.5 Å². The number of carbonyl (C=O) groups excluding carboxylic acids is 1. The number of benzene rings is 2. The average Bonchev–Trinajstić information content (AvgIpc) is 3.21. The molecule has 0 spiro atoms. The number of thiazole rings is 1. The molecule has 8 heteroatoms. The molecule has 0 aliphatic carbocycles. The maximum absolute atomic E-state index is 13.6. The third-order valence-electron chi connectivity index (χ3n) is 5.51. The zero-order valence-corrected chi connectivity index (χ0v) is 19.2. The fraction of sp³-hybridized carbons (Fsp3) is 0.174. The summed E-state index contributed by atoms with van der Waals surface area (Å²) in [5.41, 5.74) is 2.84. The van der Waals surface area contributed by atoms with Gasteiger partial charge in [-0.25, -0.2) is 4.98 Å². The van der Waals surface area contributed by atoms with Gasteiger partial charge in [-0.05, 0) is 50.6 Å². The van der Waals surface area contributed by atoms with E-state index in [9.17, 15) is 9.59 Å². The molecular weight excluding hydrogens is 455 g/mol. The molecule has 0 saturated heterocycles. The monoisotopic (exact) mass is 470 g/mol. The number of aromatic nitrogens is 1. The molecule has 3 heterocycles. The molecule has 0 bridgehead atoms. The van der Waals surface area contributed by atoms with E-state index in [0.29, 0.717) is 31.7 Å². The number of amides is 1. The molecule has 1 aliphatic heterocycles. The summed E-state index contributed by atoms with van der Waals surface area (Å²) in [6.45, 7) is 5.73. The van der Waals surface area contributed by atoms with Gasteiger partial charge >= 0.3 is 0 Å². The largest absolute Gasteiger partial charge is 0.450 e. The van der Waals surface area contributed by atoms with Crippen LogP contribution in [0, 0.1) is 20.8 Å². The molecule has 1 aliphatic rings. The van der Waals surface area contributed by atoms with Crippen LogP contribution in [0.1, 0.15) is 43.9 Å². The molecule has 1 atom stereocenters. The minimum Gasteiger partial charge on any atom is -0.450 e. The fourth-order valence-corrected chi connectivity index (χ4v) is 5.08. The van der Waals surface area contributed by atoms with Gasteiger partial charge in [-0.2, -0.15) is 0 Å². The second kappa shape index (κ2) is 7.19. The van der Waals surface area contributed by atoms with Crippen LogP contribution in [-0.4, -0.2) is 10.9 Å². The van der Waals surface area contributed by atoms with Crippen molar-refractivity contribution in [3.05, 3.63) is 89.7 Å². The molecule has 2 aromatic carbocycles. The summed E-state index contributed by atoms with van der Waals surface area (Å²) >= 11 is 13.8. The lowest BCUT2D eigenvalue weighted by Gasteiger charge is -2.22. The van der Waals surface area contributed by atoms with Crippen molar-refractivity contribution < 1.29 is 9.21 Å². The normalized spacial score (nSPS) is 15.7. The number of hydrogen-bond acceptors (Lipinski definition) is 5. The summed E-state index contributed by atoms with van der Waals surface area (Å²) in [4.78, 5) is 34.2. The molecule has 0 unspecified atom stereocenters. The van der Waals surface area contributed by atoms with Gasteiger partial charge in [0, 0.05) is 4.88 Å². The van der Waals surface area contributed by atoms with E-state index in [4.69, 9.17) is 27.6 Å². The van der Waals surface area contributed by atoms with Gasteiger partial charge in [-0.1, -0.05) is 40.9 Å². The zero-order chi connectivity index (χ0) is 22.0. The number of rotatable bonds is 2. The first-order valence-corrected chi connectivity index (χ1v) is 11.1. The van der Waals surface area contributed by atoms with Crippen molar-refractivity contribution in [1.82, 2.24) is 4.98 Å². The summed E-state index contributed by atoms with van der Waals surface area (Å²) < 4.78 is 5.97. The highest BCUT2D eigenvalue weighted by molar-refractivity contribution is 7.15. The second-order valence-electron chi connectivity index (χ2n) is 7.56. The van der Waals surface area contributed by atoms with Crippen molar-refractivity contribution in [2.45, 2.75) is 26.8 Å². The van der Waals surface area contributed by atoms with Gasteiger partial charge in [-0.3, -0.25) is 14.5 Å². The molecule has 0 radical (unpaired) electrons. The van der Waals surface area contributed by atoms with Gasteiger partial charge in [0.15, 0.2) is 10.6 Å². The summed E-state index contributed by atoms with van der Waals surface area (Å²) in [7, 11) is 0. The van der Waals surface area contributed by atoms with Crippen molar-refractivity contribution in [2.24, 2.45) is 0 Å². The second-order valence-corrected chi connectivity index (χ2v) is 9.56. The van der Waals surface area contributed by atoms with Gasteiger partial charge < -0.3 is 4.42 Å². The highest BCUT2D eigenvalue weighted by Crippen LogP contribution is 2.43. The molecule has 5 nitrogen and oxygen atoms in total. The third-order valence-corrected chi connectivity index (χ3v) is 7.32. The van der Waals surface area contributed by atoms with Crippen LogP contribution in [0.25, 0.3) is 11.0 Å². The van der Waals surface area contributed by atoms with Crippen LogP contribution in [0.3, 0.4) is 0 Å². The van der Waals surface area contributed by atoms with Crippen LogP contribution < -0.4 is 10.3 Å². The van der Waals surface area contributed by atoms with E-state index < -0.39 is 11.9 Å². The van der Waals surface area contributed by atoms with Crippen molar-refractivity contribution in [1.29, 1.82) is 0 Å². The number of aryl methyl sites for hydroxylation is 3. The molecular formula is C23H16Cl2N2O3S.